The van der Waals surface area contributed by atoms with Gasteiger partial charge in [0.25, 0.3) is 0 Å². The zero-order chi connectivity index (χ0) is 22.8. The van der Waals surface area contributed by atoms with Crippen molar-refractivity contribution in [1.82, 2.24) is 0 Å². The maximum Gasteiger partial charge on any atom is 0.137 e. The molecule has 8 heteroatoms. The lowest BCUT2D eigenvalue weighted by Crippen LogP contribution is -2.36. The molecule has 0 saturated carbocycles. The Balaban J connectivity index is 1.57. The number of morpholine rings is 1. The summed E-state index contributed by atoms with van der Waals surface area (Å²) in [6, 6.07) is 15.4. The second kappa shape index (κ2) is 11.6. The minimum atomic E-state index is 0.344. The van der Waals surface area contributed by atoms with Crippen LogP contribution in [0.25, 0.3) is 5.70 Å². The molecule has 2 aromatic rings. The molecule has 3 rings (SSSR count). The first-order valence-electron chi connectivity index (χ1n) is 10.4. The molecule has 1 saturated heterocycles. The minimum absolute atomic E-state index is 0.344. The quantitative estimate of drug-likeness (QED) is 0.521. The number of rotatable bonds is 9. The number of nitriles is 1. The Morgan fingerprint density at radius 1 is 1.25 bits per heavy atom. The SMILES string of the molecule is C=C(N=C/C=C(\N)c1ccc(OCCN)c(C#N)c1)Nc1ccc(N2CCOCC2)cc1. The van der Waals surface area contributed by atoms with Crippen LogP contribution >= 0.6 is 0 Å². The van der Waals surface area contributed by atoms with E-state index in [4.69, 9.17) is 20.9 Å². The summed E-state index contributed by atoms with van der Waals surface area (Å²) in [5.74, 6) is 0.969. The Hall–Kier alpha value is -3.80. The number of nitrogens with two attached hydrogens (primary N) is 2. The van der Waals surface area contributed by atoms with Crippen molar-refractivity contribution >= 4 is 23.3 Å². The highest BCUT2D eigenvalue weighted by molar-refractivity contribution is 5.84. The number of anilines is 2. The van der Waals surface area contributed by atoms with E-state index in [0.29, 0.717) is 41.5 Å². The molecule has 8 nitrogen and oxygen atoms in total. The van der Waals surface area contributed by atoms with Crippen LogP contribution in [0.15, 0.2) is 65.9 Å². The molecule has 166 valence electrons. The van der Waals surface area contributed by atoms with E-state index in [9.17, 15) is 5.26 Å². The third-order valence-corrected chi connectivity index (χ3v) is 4.83. The summed E-state index contributed by atoms with van der Waals surface area (Å²) in [7, 11) is 0. The van der Waals surface area contributed by atoms with Gasteiger partial charge in [-0.1, -0.05) is 6.58 Å². The summed E-state index contributed by atoms with van der Waals surface area (Å²) in [5.41, 5.74) is 15.2. The third kappa shape index (κ3) is 6.35. The van der Waals surface area contributed by atoms with Crippen molar-refractivity contribution in [3.05, 3.63) is 72.1 Å². The van der Waals surface area contributed by atoms with Gasteiger partial charge in [0, 0.05) is 42.9 Å². The number of benzene rings is 2. The zero-order valence-electron chi connectivity index (χ0n) is 18.0. The van der Waals surface area contributed by atoms with Crippen molar-refractivity contribution in [2.45, 2.75) is 0 Å². The van der Waals surface area contributed by atoms with Gasteiger partial charge in [-0.05, 0) is 54.1 Å². The van der Waals surface area contributed by atoms with Crippen molar-refractivity contribution in [3.8, 4) is 11.8 Å². The number of nitrogens with zero attached hydrogens (tertiary/aromatic N) is 3. The van der Waals surface area contributed by atoms with Crippen LogP contribution in [0.1, 0.15) is 11.1 Å². The van der Waals surface area contributed by atoms with Crippen LogP contribution < -0.4 is 26.4 Å². The number of aliphatic imine (C=N–C) groups is 1. The second-order valence-electron chi connectivity index (χ2n) is 7.08. The fourth-order valence-electron chi connectivity index (χ4n) is 3.17. The Morgan fingerprint density at radius 2 is 2.00 bits per heavy atom. The second-order valence-corrected chi connectivity index (χ2v) is 7.08. The Morgan fingerprint density at radius 3 is 2.69 bits per heavy atom. The molecule has 0 spiro atoms. The van der Waals surface area contributed by atoms with Crippen LogP contribution in [0.3, 0.4) is 0 Å². The van der Waals surface area contributed by atoms with Gasteiger partial charge in [-0.15, -0.1) is 0 Å². The van der Waals surface area contributed by atoms with E-state index >= 15 is 0 Å². The highest BCUT2D eigenvalue weighted by Gasteiger charge is 2.10. The summed E-state index contributed by atoms with van der Waals surface area (Å²) >= 11 is 0. The van der Waals surface area contributed by atoms with E-state index in [1.54, 1.807) is 30.5 Å². The zero-order valence-corrected chi connectivity index (χ0v) is 18.0. The van der Waals surface area contributed by atoms with Gasteiger partial charge in [0.05, 0.1) is 18.8 Å². The van der Waals surface area contributed by atoms with Crippen molar-refractivity contribution in [2.75, 3.05) is 49.7 Å². The lowest BCUT2D eigenvalue weighted by atomic mass is 10.1. The van der Waals surface area contributed by atoms with E-state index in [-0.39, 0.29) is 0 Å². The van der Waals surface area contributed by atoms with Gasteiger partial charge in [-0.25, -0.2) is 4.99 Å². The molecule has 1 aliphatic rings. The van der Waals surface area contributed by atoms with Gasteiger partial charge >= 0.3 is 0 Å². The van der Waals surface area contributed by atoms with Gasteiger partial charge in [-0.3, -0.25) is 0 Å². The molecule has 1 heterocycles. The minimum Gasteiger partial charge on any atom is -0.491 e. The monoisotopic (exact) mass is 432 g/mol. The highest BCUT2D eigenvalue weighted by atomic mass is 16.5. The van der Waals surface area contributed by atoms with Crippen molar-refractivity contribution in [2.24, 2.45) is 16.5 Å². The standard InChI is InChI=1S/C24H28N6O2/c1-18(29-21-3-5-22(6-4-21)30-11-14-31-15-12-30)28-10-8-23(27)19-2-7-24(32-13-9-25)20(16-19)17-26/h2-8,10,16,29H,1,9,11-15,25,27H2/b23-8-,28-10?. The Labute approximate surface area is 188 Å². The summed E-state index contributed by atoms with van der Waals surface area (Å²) < 4.78 is 10.9. The molecule has 0 atom stereocenters. The fourth-order valence-corrected chi connectivity index (χ4v) is 3.17. The van der Waals surface area contributed by atoms with Crippen LogP contribution in [-0.2, 0) is 4.74 Å². The van der Waals surface area contributed by atoms with Crippen LogP contribution in [0, 0.1) is 11.3 Å². The molecule has 0 radical (unpaired) electrons. The van der Waals surface area contributed by atoms with Crippen LogP contribution in [-0.4, -0.2) is 45.7 Å². The van der Waals surface area contributed by atoms with Gasteiger partial charge < -0.3 is 31.2 Å². The molecule has 2 aromatic carbocycles. The molecule has 0 unspecified atom stereocenters. The van der Waals surface area contributed by atoms with Gasteiger partial charge in [0.1, 0.15) is 24.2 Å². The first-order valence-corrected chi connectivity index (χ1v) is 10.4. The van der Waals surface area contributed by atoms with Crippen molar-refractivity contribution in [3.63, 3.8) is 0 Å². The number of hydrogen-bond acceptors (Lipinski definition) is 8. The predicted octanol–water partition coefficient (Wildman–Crippen LogP) is 2.69. The van der Waals surface area contributed by atoms with E-state index in [0.717, 1.165) is 32.0 Å². The van der Waals surface area contributed by atoms with E-state index in [1.807, 2.05) is 12.1 Å². The Kier molecular flexibility index (Phi) is 8.26. The topological polar surface area (TPSA) is 122 Å². The maximum absolute atomic E-state index is 9.33. The Bertz CT molecular complexity index is 1020. The van der Waals surface area contributed by atoms with Crippen molar-refractivity contribution < 1.29 is 9.47 Å². The fraction of sp³-hybridized carbons (Fsp3) is 0.250. The van der Waals surface area contributed by atoms with E-state index in [1.165, 1.54) is 5.69 Å². The van der Waals surface area contributed by atoms with E-state index < -0.39 is 0 Å². The number of hydrogen-bond donors (Lipinski definition) is 3. The lowest BCUT2D eigenvalue weighted by Gasteiger charge is -2.28. The van der Waals surface area contributed by atoms with Crippen LogP contribution in [0.2, 0.25) is 0 Å². The third-order valence-electron chi connectivity index (χ3n) is 4.83. The van der Waals surface area contributed by atoms with Crippen LogP contribution in [0.5, 0.6) is 5.75 Å². The largest absolute Gasteiger partial charge is 0.491 e. The molecule has 1 aliphatic heterocycles. The summed E-state index contributed by atoms with van der Waals surface area (Å²) in [6.45, 7) is 7.96. The molecule has 0 aliphatic carbocycles. The lowest BCUT2D eigenvalue weighted by molar-refractivity contribution is 0.122. The summed E-state index contributed by atoms with van der Waals surface area (Å²) in [4.78, 5) is 6.57. The molecule has 0 bridgehead atoms. The van der Waals surface area contributed by atoms with Crippen molar-refractivity contribution in [1.29, 1.82) is 5.26 Å². The summed E-state index contributed by atoms with van der Waals surface area (Å²) in [6.07, 6.45) is 3.23. The van der Waals surface area contributed by atoms with E-state index in [2.05, 4.69) is 40.0 Å². The molecular formula is C24H28N6O2. The molecule has 32 heavy (non-hydrogen) atoms. The maximum atomic E-state index is 9.33. The molecular weight excluding hydrogens is 404 g/mol. The molecule has 1 fully saturated rings. The summed E-state index contributed by atoms with van der Waals surface area (Å²) in [5, 5.41) is 12.5. The normalized spacial score (nSPS) is 14.2. The average molecular weight is 433 g/mol. The smallest absolute Gasteiger partial charge is 0.137 e. The molecule has 0 aromatic heterocycles. The van der Waals surface area contributed by atoms with Gasteiger partial charge in [0.15, 0.2) is 0 Å². The molecule has 0 amide bonds. The van der Waals surface area contributed by atoms with Gasteiger partial charge in [-0.2, -0.15) is 5.26 Å². The highest BCUT2D eigenvalue weighted by Crippen LogP contribution is 2.22. The predicted molar refractivity (Wildman–Crippen MR) is 129 cm³/mol. The van der Waals surface area contributed by atoms with Gasteiger partial charge in [0.2, 0.25) is 0 Å². The first kappa shape index (κ1) is 22.9. The van der Waals surface area contributed by atoms with Crippen LogP contribution in [0.4, 0.5) is 11.4 Å². The number of nitrogens with one attached hydrogen (secondary N) is 1. The first-order chi connectivity index (χ1) is 15.6. The molecule has 5 N–H and O–H groups in total. The number of allylic oxidation sites excluding steroid dienone is 1. The number of ether oxygens (including phenoxy) is 2. The average Bonchev–Trinajstić information content (AvgIpc) is 2.83.